The van der Waals surface area contributed by atoms with Crippen LogP contribution in [0.25, 0.3) is 5.69 Å². The molecule has 19 heavy (non-hydrogen) atoms. The minimum absolute atomic E-state index is 0.178. The highest BCUT2D eigenvalue weighted by Crippen LogP contribution is 2.16. The molecule has 2 N–H and O–H groups in total. The molecule has 2 rings (SSSR count). The van der Waals surface area contributed by atoms with Crippen molar-refractivity contribution < 1.29 is 4.79 Å². The molecule has 0 spiro atoms. The number of carbonyl (C=O) groups is 1. The molecule has 0 aliphatic carbocycles. The van der Waals surface area contributed by atoms with E-state index >= 15 is 0 Å². The highest BCUT2D eigenvalue weighted by molar-refractivity contribution is 5.91. The van der Waals surface area contributed by atoms with Gasteiger partial charge in [-0.15, -0.1) is 0 Å². The Morgan fingerprint density at radius 1 is 1.32 bits per heavy atom. The zero-order valence-corrected chi connectivity index (χ0v) is 11.4. The molecule has 100 valence electrons. The van der Waals surface area contributed by atoms with Crippen molar-refractivity contribution in [2.24, 2.45) is 0 Å². The van der Waals surface area contributed by atoms with Gasteiger partial charge in [0, 0.05) is 19.8 Å². The Morgan fingerprint density at radius 2 is 2.11 bits per heavy atom. The predicted octanol–water partition coefficient (Wildman–Crippen LogP) is 1.26. The Balaban J connectivity index is 2.37. The van der Waals surface area contributed by atoms with Gasteiger partial charge < -0.3 is 10.6 Å². The van der Waals surface area contributed by atoms with Crippen LogP contribution < -0.4 is 10.6 Å². The Morgan fingerprint density at radius 3 is 2.79 bits per heavy atom. The van der Waals surface area contributed by atoms with Crippen molar-refractivity contribution in [1.82, 2.24) is 20.4 Å². The van der Waals surface area contributed by atoms with E-state index in [0.29, 0.717) is 5.69 Å². The van der Waals surface area contributed by atoms with Crippen LogP contribution in [-0.4, -0.2) is 29.8 Å². The molecule has 0 aliphatic rings. The zero-order valence-electron chi connectivity index (χ0n) is 11.4. The van der Waals surface area contributed by atoms with E-state index in [9.17, 15) is 4.79 Å². The van der Waals surface area contributed by atoms with Crippen LogP contribution in [0.2, 0.25) is 0 Å². The van der Waals surface area contributed by atoms with E-state index in [1.54, 1.807) is 24.0 Å². The summed E-state index contributed by atoms with van der Waals surface area (Å²) in [4.78, 5) is 11.5. The Bertz CT molecular complexity index is 589. The number of nitrogens with one attached hydrogen (secondary N) is 2. The van der Waals surface area contributed by atoms with Crippen LogP contribution in [0, 0.1) is 6.92 Å². The third-order valence-corrected chi connectivity index (χ3v) is 2.95. The molecule has 2 aromatic rings. The maximum atomic E-state index is 11.5. The molecule has 5 heteroatoms. The molecule has 0 atom stereocenters. The van der Waals surface area contributed by atoms with Crippen molar-refractivity contribution in [1.29, 1.82) is 0 Å². The lowest BCUT2D eigenvalue weighted by atomic mass is 10.1. The van der Waals surface area contributed by atoms with Crippen LogP contribution >= 0.6 is 0 Å². The van der Waals surface area contributed by atoms with Crippen LogP contribution in [0.3, 0.4) is 0 Å². The van der Waals surface area contributed by atoms with Gasteiger partial charge in [0.1, 0.15) is 0 Å². The van der Waals surface area contributed by atoms with E-state index < -0.39 is 0 Å². The van der Waals surface area contributed by atoms with Crippen molar-refractivity contribution in [3.8, 4) is 5.69 Å². The summed E-state index contributed by atoms with van der Waals surface area (Å²) in [6, 6.07) is 7.93. The number of rotatable bonds is 4. The molecule has 0 unspecified atom stereocenters. The van der Waals surface area contributed by atoms with Crippen molar-refractivity contribution >= 4 is 5.91 Å². The lowest BCUT2D eigenvalue weighted by Gasteiger charge is -2.08. The van der Waals surface area contributed by atoms with Gasteiger partial charge in [-0.1, -0.05) is 12.1 Å². The van der Waals surface area contributed by atoms with Crippen LogP contribution in [0.5, 0.6) is 0 Å². The van der Waals surface area contributed by atoms with Crippen molar-refractivity contribution in [3.63, 3.8) is 0 Å². The van der Waals surface area contributed by atoms with Gasteiger partial charge in [-0.3, -0.25) is 4.79 Å². The van der Waals surface area contributed by atoms with Gasteiger partial charge in [0.05, 0.1) is 5.69 Å². The van der Waals surface area contributed by atoms with Crippen LogP contribution in [-0.2, 0) is 6.54 Å². The number of benzene rings is 1. The summed E-state index contributed by atoms with van der Waals surface area (Å²) in [6.07, 6.45) is 1.80. The van der Waals surface area contributed by atoms with E-state index in [2.05, 4.69) is 33.9 Å². The second-order valence-electron chi connectivity index (χ2n) is 4.38. The molecule has 0 radical (unpaired) electrons. The first kappa shape index (κ1) is 13.3. The number of nitrogens with zero attached hydrogens (tertiary/aromatic N) is 2. The summed E-state index contributed by atoms with van der Waals surface area (Å²) < 4.78 is 1.74. The normalized spacial score (nSPS) is 10.5. The molecule has 0 saturated heterocycles. The maximum Gasteiger partial charge on any atom is 0.271 e. The number of hydrogen-bond donors (Lipinski definition) is 2. The number of amides is 1. The number of carbonyl (C=O) groups excluding carboxylic acids is 1. The van der Waals surface area contributed by atoms with E-state index in [1.807, 2.05) is 14.0 Å². The molecule has 0 fully saturated rings. The minimum Gasteiger partial charge on any atom is -0.354 e. The van der Waals surface area contributed by atoms with Gasteiger partial charge in [0.15, 0.2) is 5.69 Å². The van der Waals surface area contributed by atoms with Gasteiger partial charge in [0.25, 0.3) is 5.91 Å². The van der Waals surface area contributed by atoms with Crippen LogP contribution in [0.15, 0.2) is 30.5 Å². The van der Waals surface area contributed by atoms with E-state index in [0.717, 1.165) is 17.8 Å². The van der Waals surface area contributed by atoms with Crippen molar-refractivity contribution in [3.05, 3.63) is 47.3 Å². The third-order valence-electron chi connectivity index (χ3n) is 2.95. The summed E-state index contributed by atoms with van der Waals surface area (Å²) in [5, 5.41) is 9.99. The quantitative estimate of drug-likeness (QED) is 0.868. The average molecular weight is 258 g/mol. The molecule has 1 amide bonds. The Hall–Kier alpha value is -2.14. The van der Waals surface area contributed by atoms with Crippen molar-refractivity contribution in [2.45, 2.75) is 13.5 Å². The van der Waals surface area contributed by atoms with Crippen LogP contribution in [0.1, 0.15) is 21.6 Å². The summed E-state index contributed by atoms with van der Waals surface area (Å²) >= 11 is 0. The van der Waals surface area contributed by atoms with Crippen molar-refractivity contribution in [2.75, 3.05) is 14.1 Å². The molecule has 1 aromatic carbocycles. The highest BCUT2D eigenvalue weighted by Gasteiger charge is 2.09. The summed E-state index contributed by atoms with van der Waals surface area (Å²) in [7, 11) is 3.51. The molecule has 0 saturated carbocycles. The first-order valence-corrected chi connectivity index (χ1v) is 6.18. The molecule has 0 bridgehead atoms. The highest BCUT2D eigenvalue weighted by atomic mass is 16.1. The Labute approximate surface area is 112 Å². The fourth-order valence-corrected chi connectivity index (χ4v) is 1.92. The third kappa shape index (κ3) is 2.82. The van der Waals surface area contributed by atoms with Gasteiger partial charge in [0.2, 0.25) is 0 Å². The van der Waals surface area contributed by atoms with Gasteiger partial charge in [-0.2, -0.15) is 5.10 Å². The first-order valence-electron chi connectivity index (χ1n) is 6.18. The molecule has 5 nitrogen and oxygen atoms in total. The number of hydrogen-bond acceptors (Lipinski definition) is 3. The van der Waals surface area contributed by atoms with Gasteiger partial charge in [-0.25, -0.2) is 4.68 Å². The van der Waals surface area contributed by atoms with E-state index in [1.165, 1.54) is 5.56 Å². The molecule has 0 aliphatic heterocycles. The summed E-state index contributed by atoms with van der Waals surface area (Å²) in [6.45, 7) is 2.83. The topological polar surface area (TPSA) is 59.0 Å². The monoisotopic (exact) mass is 258 g/mol. The Kier molecular flexibility index (Phi) is 3.97. The zero-order chi connectivity index (χ0) is 13.8. The van der Waals surface area contributed by atoms with Gasteiger partial charge >= 0.3 is 0 Å². The molecule has 1 heterocycles. The smallest absolute Gasteiger partial charge is 0.271 e. The minimum atomic E-state index is -0.178. The molecule has 1 aromatic heterocycles. The maximum absolute atomic E-state index is 11.5. The van der Waals surface area contributed by atoms with E-state index in [4.69, 9.17) is 0 Å². The first-order chi connectivity index (χ1) is 9.15. The second kappa shape index (κ2) is 5.67. The van der Waals surface area contributed by atoms with Crippen LogP contribution in [0.4, 0.5) is 0 Å². The molecular formula is C14H18N4O. The molecular weight excluding hydrogens is 240 g/mol. The average Bonchev–Trinajstić information content (AvgIpc) is 2.90. The summed E-state index contributed by atoms with van der Waals surface area (Å²) in [5.41, 5.74) is 3.70. The SMILES string of the molecule is CNCc1ccc(C)c(-n2ccc(C(=O)NC)n2)c1. The number of aryl methyl sites for hydroxylation is 1. The fraction of sp³-hybridized carbons (Fsp3) is 0.286. The van der Waals surface area contributed by atoms with Gasteiger partial charge in [-0.05, 0) is 37.2 Å². The number of aromatic nitrogens is 2. The summed E-state index contributed by atoms with van der Waals surface area (Å²) in [5.74, 6) is -0.178. The standard InChI is InChI=1S/C14H18N4O/c1-10-4-5-11(9-15-2)8-13(10)18-7-6-12(17-18)14(19)16-3/h4-8,15H,9H2,1-3H3,(H,16,19). The second-order valence-corrected chi connectivity index (χ2v) is 4.38. The predicted molar refractivity (Wildman–Crippen MR) is 74.5 cm³/mol. The lowest BCUT2D eigenvalue weighted by molar-refractivity contribution is 0.0957. The fourth-order valence-electron chi connectivity index (χ4n) is 1.92. The largest absolute Gasteiger partial charge is 0.354 e. The van der Waals surface area contributed by atoms with E-state index in [-0.39, 0.29) is 5.91 Å². The lowest BCUT2D eigenvalue weighted by Crippen LogP contribution is -2.18.